The number of carbonyl (C=O) groups is 1. The second-order valence-electron chi connectivity index (χ2n) is 5.30. The van der Waals surface area contributed by atoms with Crippen LogP contribution < -0.4 is 9.64 Å². The summed E-state index contributed by atoms with van der Waals surface area (Å²) in [6.07, 6.45) is 0. The van der Waals surface area contributed by atoms with Crippen molar-refractivity contribution in [3.05, 3.63) is 72.3 Å². The van der Waals surface area contributed by atoms with Gasteiger partial charge >= 0.3 is 6.61 Å². The van der Waals surface area contributed by atoms with Crippen LogP contribution in [0.25, 0.3) is 10.8 Å². The van der Waals surface area contributed by atoms with Crippen LogP contribution >= 0.6 is 0 Å². The third kappa shape index (κ3) is 3.35. The van der Waals surface area contributed by atoms with Crippen molar-refractivity contribution in [2.75, 3.05) is 11.9 Å². The predicted octanol–water partition coefficient (Wildman–Crippen LogP) is 4.72. The third-order valence-corrected chi connectivity index (χ3v) is 3.73. The first-order valence-corrected chi connectivity index (χ1v) is 7.36. The van der Waals surface area contributed by atoms with Gasteiger partial charge in [0.15, 0.2) is 0 Å². The largest absolute Gasteiger partial charge is 0.435 e. The first kappa shape index (κ1) is 15.9. The Bertz CT molecular complexity index is 880. The number of hydrogen-bond acceptors (Lipinski definition) is 2. The Balaban J connectivity index is 1.88. The van der Waals surface area contributed by atoms with E-state index in [2.05, 4.69) is 4.74 Å². The Morgan fingerprint density at radius 2 is 1.71 bits per heavy atom. The number of halogens is 2. The van der Waals surface area contributed by atoms with E-state index in [1.165, 1.54) is 23.1 Å². The number of ether oxygens (including phenoxy) is 1. The van der Waals surface area contributed by atoms with E-state index in [4.69, 9.17) is 0 Å². The highest BCUT2D eigenvalue weighted by molar-refractivity contribution is 6.06. The summed E-state index contributed by atoms with van der Waals surface area (Å²) in [6, 6.07) is 19.3. The molecule has 0 unspecified atom stereocenters. The van der Waals surface area contributed by atoms with Gasteiger partial charge in [-0.1, -0.05) is 36.4 Å². The van der Waals surface area contributed by atoms with E-state index < -0.39 is 6.61 Å². The number of alkyl halides is 2. The minimum absolute atomic E-state index is 0.0391. The van der Waals surface area contributed by atoms with Gasteiger partial charge in [-0.2, -0.15) is 8.78 Å². The molecule has 24 heavy (non-hydrogen) atoms. The van der Waals surface area contributed by atoms with Crippen molar-refractivity contribution in [3.8, 4) is 5.75 Å². The second-order valence-corrected chi connectivity index (χ2v) is 5.30. The number of carbonyl (C=O) groups excluding carboxylic acids is 1. The Labute approximate surface area is 138 Å². The average molecular weight is 327 g/mol. The van der Waals surface area contributed by atoms with Crippen LogP contribution in [-0.4, -0.2) is 19.6 Å². The zero-order valence-electron chi connectivity index (χ0n) is 12.9. The molecule has 0 bridgehead atoms. The molecule has 0 aromatic heterocycles. The summed E-state index contributed by atoms with van der Waals surface area (Å²) >= 11 is 0. The van der Waals surface area contributed by atoms with Gasteiger partial charge in [-0.05, 0) is 41.1 Å². The van der Waals surface area contributed by atoms with Crippen molar-refractivity contribution in [2.24, 2.45) is 0 Å². The fourth-order valence-electron chi connectivity index (χ4n) is 2.50. The predicted molar refractivity (Wildman–Crippen MR) is 89.8 cm³/mol. The lowest BCUT2D eigenvalue weighted by Crippen LogP contribution is -2.26. The molecule has 0 saturated heterocycles. The highest BCUT2D eigenvalue weighted by Crippen LogP contribution is 2.24. The average Bonchev–Trinajstić information content (AvgIpc) is 2.59. The molecule has 122 valence electrons. The number of hydrogen-bond donors (Lipinski definition) is 0. The molecule has 0 aliphatic carbocycles. The monoisotopic (exact) mass is 327 g/mol. The first-order chi connectivity index (χ1) is 11.5. The molecule has 5 heteroatoms. The molecular weight excluding hydrogens is 312 g/mol. The number of fused-ring (bicyclic) bond motifs is 1. The van der Waals surface area contributed by atoms with Crippen molar-refractivity contribution in [1.29, 1.82) is 0 Å². The Morgan fingerprint density at radius 1 is 0.958 bits per heavy atom. The minimum Gasteiger partial charge on any atom is -0.435 e. The number of anilines is 1. The lowest BCUT2D eigenvalue weighted by Gasteiger charge is -2.18. The van der Waals surface area contributed by atoms with Gasteiger partial charge in [-0.25, -0.2) is 0 Å². The highest BCUT2D eigenvalue weighted by atomic mass is 19.3. The van der Waals surface area contributed by atoms with Crippen LogP contribution in [0.1, 0.15) is 10.4 Å². The summed E-state index contributed by atoms with van der Waals surface area (Å²) in [7, 11) is 1.65. The van der Waals surface area contributed by atoms with Gasteiger partial charge in [0, 0.05) is 18.3 Å². The van der Waals surface area contributed by atoms with E-state index in [1.54, 1.807) is 13.1 Å². The van der Waals surface area contributed by atoms with Crippen molar-refractivity contribution in [1.82, 2.24) is 0 Å². The molecule has 0 aliphatic rings. The molecule has 3 rings (SSSR count). The van der Waals surface area contributed by atoms with Crippen LogP contribution in [0, 0.1) is 0 Å². The smallest absolute Gasteiger partial charge is 0.387 e. The quantitative estimate of drug-likeness (QED) is 0.694. The van der Waals surface area contributed by atoms with Crippen LogP contribution in [0.4, 0.5) is 14.5 Å². The standard InChI is InChI=1S/C19H15F2NO2/c1-22(16-10-9-13-5-2-3-6-14(13)11-16)18(23)15-7-4-8-17(12-15)24-19(20)21/h2-12,19H,1H3. The summed E-state index contributed by atoms with van der Waals surface area (Å²) in [5.74, 6) is -0.340. The van der Waals surface area contributed by atoms with E-state index in [9.17, 15) is 13.6 Å². The van der Waals surface area contributed by atoms with Crippen LogP contribution in [0.3, 0.4) is 0 Å². The van der Waals surface area contributed by atoms with Crippen LogP contribution in [0.15, 0.2) is 66.7 Å². The van der Waals surface area contributed by atoms with E-state index in [-0.39, 0.29) is 17.2 Å². The van der Waals surface area contributed by atoms with E-state index >= 15 is 0 Å². The Kier molecular flexibility index (Phi) is 4.42. The van der Waals surface area contributed by atoms with E-state index in [0.717, 1.165) is 16.5 Å². The molecule has 3 nitrogen and oxygen atoms in total. The number of nitrogens with zero attached hydrogens (tertiary/aromatic N) is 1. The lowest BCUT2D eigenvalue weighted by molar-refractivity contribution is -0.0498. The van der Waals surface area contributed by atoms with Crippen molar-refractivity contribution < 1.29 is 18.3 Å². The molecule has 0 saturated carbocycles. The minimum atomic E-state index is -2.92. The maximum absolute atomic E-state index is 12.6. The summed E-state index contributed by atoms with van der Waals surface area (Å²) in [4.78, 5) is 14.1. The molecule has 3 aromatic carbocycles. The van der Waals surface area contributed by atoms with Gasteiger partial charge in [-0.3, -0.25) is 4.79 Å². The van der Waals surface area contributed by atoms with E-state index in [0.29, 0.717) is 0 Å². The molecule has 0 atom stereocenters. The molecule has 0 N–H and O–H groups in total. The number of benzene rings is 3. The summed E-state index contributed by atoms with van der Waals surface area (Å²) in [5.41, 5.74) is 1.00. The SMILES string of the molecule is CN(C(=O)c1cccc(OC(F)F)c1)c1ccc2ccccc2c1. The molecule has 3 aromatic rings. The van der Waals surface area contributed by atoms with Crippen LogP contribution in [0.5, 0.6) is 5.75 Å². The second kappa shape index (κ2) is 6.66. The summed E-state index contributed by atoms with van der Waals surface area (Å²) < 4.78 is 29.0. The topological polar surface area (TPSA) is 29.5 Å². The van der Waals surface area contributed by atoms with Crippen molar-refractivity contribution in [3.63, 3.8) is 0 Å². The maximum Gasteiger partial charge on any atom is 0.387 e. The maximum atomic E-state index is 12.6. The summed E-state index contributed by atoms with van der Waals surface area (Å²) in [6.45, 7) is -2.92. The molecule has 0 fully saturated rings. The number of rotatable bonds is 4. The molecule has 0 heterocycles. The van der Waals surface area contributed by atoms with Crippen LogP contribution in [0.2, 0.25) is 0 Å². The van der Waals surface area contributed by atoms with E-state index in [1.807, 2.05) is 42.5 Å². The van der Waals surface area contributed by atoms with Gasteiger partial charge < -0.3 is 9.64 Å². The van der Waals surface area contributed by atoms with Gasteiger partial charge in [0.1, 0.15) is 5.75 Å². The first-order valence-electron chi connectivity index (χ1n) is 7.36. The van der Waals surface area contributed by atoms with Gasteiger partial charge in [-0.15, -0.1) is 0 Å². The molecular formula is C19H15F2NO2. The zero-order chi connectivity index (χ0) is 17.1. The van der Waals surface area contributed by atoms with Crippen molar-refractivity contribution >= 4 is 22.4 Å². The Morgan fingerprint density at radius 3 is 2.46 bits per heavy atom. The lowest BCUT2D eigenvalue weighted by atomic mass is 10.1. The van der Waals surface area contributed by atoms with Gasteiger partial charge in [0.05, 0.1) is 0 Å². The van der Waals surface area contributed by atoms with Crippen molar-refractivity contribution in [2.45, 2.75) is 6.61 Å². The summed E-state index contributed by atoms with van der Waals surface area (Å²) in [5, 5.41) is 2.10. The fraction of sp³-hybridized carbons (Fsp3) is 0.105. The zero-order valence-corrected chi connectivity index (χ0v) is 12.9. The van der Waals surface area contributed by atoms with Gasteiger partial charge in [0.25, 0.3) is 5.91 Å². The molecule has 1 amide bonds. The molecule has 0 radical (unpaired) electrons. The third-order valence-electron chi connectivity index (χ3n) is 3.73. The number of amides is 1. The molecule has 0 aliphatic heterocycles. The highest BCUT2D eigenvalue weighted by Gasteiger charge is 2.15. The normalized spacial score (nSPS) is 10.8. The van der Waals surface area contributed by atoms with Crippen LogP contribution in [-0.2, 0) is 0 Å². The molecule has 0 spiro atoms. The Hall–Kier alpha value is -2.95. The van der Waals surface area contributed by atoms with Gasteiger partial charge in [0.2, 0.25) is 0 Å². The fourth-order valence-corrected chi connectivity index (χ4v) is 2.50.